The van der Waals surface area contributed by atoms with Gasteiger partial charge in [-0.15, -0.1) is 37.2 Å². The minimum absolute atomic E-state index is 0. The van der Waals surface area contributed by atoms with E-state index in [2.05, 4.69) is 6.57 Å². The Labute approximate surface area is 122 Å². The average molecular weight is 373 g/mol. The van der Waals surface area contributed by atoms with E-state index in [1.54, 1.807) is 0 Å². The van der Waals surface area contributed by atoms with Crippen molar-refractivity contribution in [2.75, 3.05) is 0 Å². The Morgan fingerprint density at radius 3 is 1.00 bits per heavy atom. The van der Waals surface area contributed by atoms with E-state index in [0.29, 0.717) is 0 Å². The fourth-order valence-electron chi connectivity index (χ4n) is 0. The van der Waals surface area contributed by atoms with Crippen LogP contribution < -0.4 is 51.4 Å². The molecule has 0 fully saturated rings. The fraction of sp³-hybridized carbons (Fsp3) is 0. The smallest absolute Gasteiger partial charge is 1.00 e. The maximum absolute atomic E-state index is 6.50. The third-order valence-electron chi connectivity index (χ3n) is 0. The van der Waals surface area contributed by atoms with Crippen molar-refractivity contribution in [3.8, 4) is 6.57 Å². The zero-order valence-corrected chi connectivity index (χ0v) is 11.3. The molecule has 1 radical (unpaired) electrons. The minimum atomic E-state index is 0. The van der Waals surface area contributed by atoms with Crippen LogP contribution in [0.2, 0.25) is 0 Å². The first-order chi connectivity index (χ1) is 1.00. The summed E-state index contributed by atoms with van der Waals surface area (Å²) in [6.07, 6.45) is 0. The number of hydrogen-bond donors (Lipinski definition) is 0. The van der Waals surface area contributed by atoms with Crippen LogP contribution in [0.1, 0.15) is 1.43 Å². The van der Waals surface area contributed by atoms with E-state index >= 15 is 0 Å². The van der Waals surface area contributed by atoms with Crippen LogP contribution in [0.5, 0.6) is 0 Å². The molecule has 0 atom stereocenters. The third-order valence-corrected chi connectivity index (χ3v) is 0. The van der Waals surface area contributed by atoms with Gasteiger partial charge in [0.05, 0.1) is 0 Å². The molecule has 0 aliphatic rings. The van der Waals surface area contributed by atoms with E-state index < -0.39 is 0 Å². The van der Waals surface area contributed by atoms with E-state index in [0.717, 1.165) is 0 Å². The van der Waals surface area contributed by atoms with Crippen molar-refractivity contribution in [3.05, 3.63) is 0 Å². The van der Waals surface area contributed by atoms with Gasteiger partial charge in [-0.3, -0.25) is 0 Å². The minimum Gasteiger partial charge on any atom is -1.00 e. The molecule has 0 amide bonds. The van der Waals surface area contributed by atoms with Crippen molar-refractivity contribution in [2.45, 2.75) is 0 Å². The number of nitrogens with zero attached hydrogens (tertiary/aromatic N) is 1. The summed E-state index contributed by atoms with van der Waals surface area (Å²) in [5.74, 6) is 0. The topological polar surface area (TPSA) is 23.8 Å². The van der Waals surface area contributed by atoms with E-state index in [1.807, 2.05) is 0 Å². The molecule has 0 spiro atoms. The Kier molecular flexibility index (Phi) is 531. The summed E-state index contributed by atoms with van der Waals surface area (Å²) in [7, 11) is 0. The molecule has 0 saturated heterocycles. The van der Waals surface area contributed by atoms with Gasteiger partial charge in [0.2, 0.25) is 0 Å². The first-order valence-corrected chi connectivity index (χ1v) is 0.258. The summed E-state index contributed by atoms with van der Waals surface area (Å²) in [5.41, 5.74) is 0. The van der Waals surface area contributed by atoms with Crippen molar-refractivity contribution >= 4 is 37.2 Å². The standard InChI is InChI=1S/CHN.Au.3ClH.K.H/c1-2;;;;;;/h1H;;3*1H;;/q;;;;;+1;-1. The molecule has 0 aliphatic heterocycles. The molecule has 7 heavy (non-hydrogen) atoms. The molecule has 0 rings (SSSR count). The van der Waals surface area contributed by atoms with Gasteiger partial charge in [0.1, 0.15) is 0 Å². The SMILES string of the molecule is C#N.Cl.Cl.Cl.[Au].[H-].[K+]. The van der Waals surface area contributed by atoms with E-state index in [9.17, 15) is 0 Å². The first kappa shape index (κ1) is 53.2. The van der Waals surface area contributed by atoms with Crippen LogP contribution in [0.25, 0.3) is 0 Å². The van der Waals surface area contributed by atoms with Gasteiger partial charge >= 0.3 is 51.4 Å². The Bertz CT molecular complexity index is 24.0. The van der Waals surface area contributed by atoms with Gasteiger partial charge in [0, 0.05) is 29.0 Å². The fourth-order valence-corrected chi connectivity index (χ4v) is 0. The first-order valence-electron chi connectivity index (χ1n) is 0.258. The summed E-state index contributed by atoms with van der Waals surface area (Å²) >= 11 is 0. The largest absolute Gasteiger partial charge is 1.00 e. The molecule has 0 heterocycles. The van der Waals surface area contributed by atoms with Crippen LogP contribution in [0, 0.1) is 11.8 Å². The van der Waals surface area contributed by atoms with Crippen LogP contribution in [0.4, 0.5) is 0 Å². The second kappa shape index (κ2) is 69.8. The summed E-state index contributed by atoms with van der Waals surface area (Å²) in [6.45, 7) is 3.50. The Balaban J connectivity index is -0.000000000333. The van der Waals surface area contributed by atoms with Crippen LogP contribution in [-0.4, -0.2) is 0 Å². The molecule has 0 unspecified atom stereocenters. The van der Waals surface area contributed by atoms with Gasteiger partial charge in [0.15, 0.2) is 0 Å². The van der Waals surface area contributed by atoms with Crippen LogP contribution in [0.3, 0.4) is 0 Å². The Morgan fingerprint density at radius 1 is 1.00 bits per heavy atom. The van der Waals surface area contributed by atoms with Crippen molar-refractivity contribution in [3.63, 3.8) is 0 Å². The van der Waals surface area contributed by atoms with Crippen LogP contribution in [0.15, 0.2) is 0 Å². The predicted molar refractivity (Wildman–Crippen MR) is 29.5 cm³/mol. The summed E-state index contributed by atoms with van der Waals surface area (Å²) < 4.78 is 0. The summed E-state index contributed by atoms with van der Waals surface area (Å²) in [6, 6.07) is 0. The normalized spacial score (nSPS) is 0.286. The van der Waals surface area contributed by atoms with Gasteiger partial charge < -0.3 is 1.43 Å². The summed E-state index contributed by atoms with van der Waals surface area (Å²) in [5, 5.41) is 6.50. The molecule has 0 aromatic heterocycles. The van der Waals surface area contributed by atoms with Crippen molar-refractivity contribution in [1.82, 2.24) is 0 Å². The van der Waals surface area contributed by atoms with E-state index in [4.69, 9.17) is 5.26 Å². The molecule has 0 bridgehead atoms. The quantitative estimate of drug-likeness (QED) is 0.475. The zero-order valence-electron chi connectivity index (χ0n) is 4.55. The van der Waals surface area contributed by atoms with Gasteiger partial charge in [-0.25, -0.2) is 5.26 Å². The number of halogens is 3. The summed E-state index contributed by atoms with van der Waals surface area (Å²) in [4.78, 5) is 0. The van der Waals surface area contributed by atoms with Gasteiger partial charge in [-0.05, 0) is 0 Å². The van der Waals surface area contributed by atoms with Crippen LogP contribution >= 0.6 is 37.2 Å². The van der Waals surface area contributed by atoms with Gasteiger partial charge in [-0.2, -0.15) is 0 Å². The number of nitriles is 1. The van der Waals surface area contributed by atoms with Gasteiger partial charge in [0.25, 0.3) is 0 Å². The molecule has 6 heteroatoms. The molecule has 0 N–H and O–H groups in total. The maximum atomic E-state index is 6.50. The second-order valence-electron chi connectivity index (χ2n) is 0. The van der Waals surface area contributed by atoms with Crippen molar-refractivity contribution in [1.29, 1.82) is 5.26 Å². The molecular weight excluding hydrogens is 368 g/mol. The number of rotatable bonds is 0. The van der Waals surface area contributed by atoms with Gasteiger partial charge in [-0.1, -0.05) is 0 Å². The molecule has 0 aromatic rings. The third kappa shape index (κ3) is 52.9. The second-order valence-corrected chi connectivity index (χ2v) is 0. The number of hydrogen-bond acceptors (Lipinski definition) is 1. The van der Waals surface area contributed by atoms with E-state index in [1.165, 1.54) is 0 Å². The average Bonchev–Trinajstić information content (AvgIpc) is 1.00. The molecule has 0 saturated carbocycles. The molecular formula is CH5AuCl3KN. The molecule has 1 nitrogen and oxygen atoms in total. The Hall–Kier alpha value is 2.74. The zero-order chi connectivity index (χ0) is 2.00. The monoisotopic (exact) mass is 372 g/mol. The van der Waals surface area contributed by atoms with Crippen molar-refractivity contribution < 1.29 is 75.2 Å². The molecule has 0 aromatic carbocycles. The predicted octanol–water partition coefficient (Wildman–Crippen LogP) is -1.48. The van der Waals surface area contributed by atoms with Crippen LogP contribution in [-0.2, 0) is 22.4 Å². The molecule has 0 aliphatic carbocycles. The Morgan fingerprint density at radius 2 is 1.00 bits per heavy atom. The van der Waals surface area contributed by atoms with Crippen molar-refractivity contribution in [2.24, 2.45) is 0 Å². The maximum Gasteiger partial charge on any atom is 1.00 e. The molecule has 47 valence electrons. The van der Waals surface area contributed by atoms with E-state index in [-0.39, 0.29) is 112 Å².